The molecule has 3 aromatic carbocycles. The zero-order chi connectivity index (χ0) is 18.4. The molecule has 0 aliphatic carbocycles. The minimum atomic E-state index is -0.283. The molecule has 2 aliphatic heterocycles. The standard InChI is InChI=1S/C22H15ClFNOS/c23-14-7-5-13(6-8-14)22-17-12-26-19-10-9-15(24)11-16(19)21(17)25-18-3-1-2-4-20(18)27-22/h1-11,17,22H,12H2. The van der Waals surface area contributed by atoms with E-state index in [1.54, 1.807) is 17.8 Å². The summed E-state index contributed by atoms with van der Waals surface area (Å²) in [4.78, 5) is 6.07. The second kappa shape index (κ2) is 6.70. The Morgan fingerprint density at radius 2 is 1.85 bits per heavy atom. The molecule has 27 heavy (non-hydrogen) atoms. The van der Waals surface area contributed by atoms with Crippen LogP contribution in [0.5, 0.6) is 5.75 Å². The molecule has 0 bridgehead atoms. The number of fused-ring (bicyclic) bond motifs is 4. The molecule has 0 N–H and O–H groups in total. The van der Waals surface area contributed by atoms with Crippen molar-refractivity contribution in [2.24, 2.45) is 10.9 Å². The first-order valence-electron chi connectivity index (χ1n) is 8.71. The molecule has 0 saturated carbocycles. The Bertz CT molecular complexity index is 1050. The van der Waals surface area contributed by atoms with E-state index in [2.05, 4.69) is 6.07 Å². The van der Waals surface area contributed by atoms with Gasteiger partial charge in [0, 0.05) is 20.7 Å². The van der Waals surface area contributed by atoms with Gasteiger partial charge < -0.3 is 4.74 Å². The number of hydrogen-bond donors (Lipinski definition) is 0. The van der Waals surface area contributed by atoms with Crippen molar-refractivity contribution < 1.29 is 9.13 Å². The van der Waals surface area contributed by atoms with E-state index in [4.69, 9.17) is 21.3 Å². The molecule has 0 radical (unpaired) electrons. The van der Waals surface area contributed by atoms with E-state index in [0.29, 0.717) is 17.4 Å². The summed E-state index contributed by atoms with van der Waals surface area (Å²) >= 11 is 7.86. The molecule has 5 rings (SSSR count). The average Bonchev–Trinajstić information content (AvgIpc) is 2.85. The van der Waals surface area contributed by atoms with Crippen LogP contribution in [0.25, 0.3) is 0 Å². The average molecular weight is 396 g/mol. The number of rotatable bonds is 1. The van der Waals surface area contributed by atoms with Crippen LogP contribution in [0.15, 0.2) is 76.6 Å². The third-order valence-corrected chi connectivity index (χ3v) is 6.62. The van der Waals surface area contributed by atoms with Gasteiger partial charge in [0.2, 0.25) is 0 Å². The number of nitrogens with zero attached hydrogens (tertiary/aromatic N) is 1. The number of hydrogen-bond acceptors (Lipinski definition) is 3. The second-order valence-electron chi connectivity index (χ2n) is 6.61. The predicted molar refractivity (Wildman–Crippen MR) is 108 cm³/mol. The maximum atomic E-state index is 14.0. The van der Waals surface area contributed by atoms with Crippen LogP contribution >= 0.6 is 23.4 Å². The number of halogens is 2. The lowest BCUT2D eigenvalue weighted by atomic mass is 9.88. The number of thioether (sulfide) groups is 1. The lowest BCUT2D eigenvalue weighted by Crippen LogP contribution is -2.32. The van der Waals surface area contributed by atoms with Gasteiger partial charge in [-0.1, -0.05) is 35.9 Å². The summed E-state index contributed by atoms with van der Waals surface area (Å²) in [5, 5.41) is 0.806. The molecule has 2 unspecified atom stereocenters. The number of benzene rings is 3. The van der Waals surface area contributed by atoms with Crippen LogP contribution in [-0.4, -0.2) is 12.3 Å². The van der Waals surface area contributed by atoms with Crippen molar-refractivity contribution in [1.82, 2.24) is 0 Å². The van der Waals surface area contributed by atoms with Gasteiger partial charge in [-0.05, 0) is 48.0 Å². The van der Waals surface area contributed by atoms with Crippen LogP contribution in [-0.2, 0) is 0 Å². The maximum absolute atomic E-state index is 14.0. The molecule has 0 fully saturated rings. The Kier molecular flexibility index (Phi) is 4.18. The van der Waals surface area contributed by atoms with E-state index in [9.17, 15) is 4.39 Å². The van der Waals surface area contributed by atoms with Crippen molar-refractivity contribution in [3.8, 4) is 5.75 Å². The fraction of sp³-hybridized carbons (Fsp3) is 0.136. The van der Waals surface area contributed by atoms with Crippen LogP contribution in [0.4, 0.5) is 10.1 Å². The highest BCUT2D eigenvalue weighted by atomic mass is 35.5. The fourth-order valence-electron chi connectivity index (χ4n) is 3.61. The van der Waals surface area contributed by atoms with E-state index >= 15 is 0 Å². The smallest absolute Gasteiger partial charge is 0.128 e. The fourth-order valence-corrected chi connectivity index (χ4v) is 5.07. The first-order chi connectivity index (χ1) is 13.2. The molecule has 5 heteroatoms. The summed E-state index contributed by atoms with van der Waals surface area (Å²) in [6.07, 6.45) is 0. The van der Waals surface area contributed by atoms with Crippen molar-refractivity contribution in [1.29, 1.82) is 0 Å². The van der Waals surface area contributed by atoms with Crippen LogP contribution in [0, 0.1) is 11.7 Å². The van der Waals surface area contributed by atoms with Crippen molar-refractivity contribution in [3.63, 3.8) is 0 Å². The van der Waals surface area contributed by atoms with Crippen LogP contribution < -0.4 is 4.74 Å². The Balaban J connectivity index is 1.71. The van der Waals surface area contributed by atoms with Gasteiger partial charge in [-0.15, -0.1) is 11.8 Å². The highest BCUT2D eigenvalue weighted by Crippen LogP contribution is 2.50. The number of para-hydroxylation sites is 1. The molecule has 2 nitrogen and oxygen atoms in total. The summed E-state index contributed by atoms with van der Waals surface area (Å²) in [6, 6.07) is 20.6. The molecule has 0 saturated heterocycles. The monoisotopic (exact) mass is 395 g/mol. The summed E-state index contributed by atoms with van der Waals surface area (Å²) in [5.41, 5.74) is 3.69. The molecular formula is C22H15ClFNOS. The Morgan fingerprint density at radius 3 is 2.70 bits per heavy atom. The Morgan fingerprint density at radius 1 is 1.04 bits per heavy atom. The minimum absolute atomic E-state index is 0.0119. The zero-order valence-corrected chi connectivity index (χ0v) is 15.8. The van der Waals surface area contributed by atoms with Crippen molar-refractivity contribution in [2.75, 3.05) is 6.61 Å². The highest BCUT2D eigenvalue weighted by molar-refractivity contribution is 7.99. The molecule has 2 heterocycles. The van der Waals surface area contributed by atoms with Gasteiger partial charge in [0.05, 0.1) is 23.9 Å². The quantitative estimate of drug-likeness (QED) is 0.471. The van der Waals surface area contributed by atoms with Gasteiger partial charge in [0.25, 0.3) is 0 Å². The maximum Gasteiger partial charge on any atom is 0.128 e. The van der Waals surface area contributed by atoms with Gasteiger partial charge in [0.1, 0.15) is 11.6 Å². The lowest BCUT2D eigenvalue weighted by Gasteiger charge is -2.31. The summed E-state index contributed by atoms with van der Waals surface area (Å²) in [6.45, 7) is 0.506. The van der Waals surface area contributed by atoms with Crippen LogP contribution in [0.2, 0.25) is 5.02 Å². The SMILES string of the molecule is Fc1ccc2c(c1)C1=Nc3ccccc3SC(c3ccc(Cl)cc3)C1CO2. The lowest BCUT2D eigenvalue weighted by molar-refractivity contribution is 0.271. The first-order valence-corrected chi connectivity index (χ1v) is 9.97. The van der Waals surface area contributed by atoms with E-state index < -0.39 is 0 Å². The third-order valence-electron chi connectivity index (χ3n) is 4.91. The number of ether oxygens (including phenoxy) is 1. The highest BCUT2D eigenvalue weighted by Gasteiger charge is 2.37. The molecule has 0 spiro atoms. The van der Waals surface area contributed by atoms with Crippen molar-refractivity contribution in [2.45, 2.75) is 10.1 Å². The Hall–Kier alpha value is -2.30. The molecular weight excluding hydrogens is 381 g/mol. The Labute approximate surface area is 166 Å². The van der Waals surface area contributed by atoms with Crippen molar-refractivity contribution in [3.05, 3.63) is 88.7 Å². The van der Waals surface area contributed by atoms with Crippen LogP contribution in [0.3, 0.4) is 0 Å². The molecule has 2 atom stereocenters. The van der Waals surface area contributed by atoms with Gasteiger partial charge in [-0.2, -0.15) is 0 Å². The van der Waals surface area contributed by atoms with E-state index in [1.807, 2.05) is 42.5 Å². The van der Waals surface area contributed by atoms with E-state index in [0.717, 1.165) is 27.4 Å². The zero-order valence-electron chi connectivity index (χ0n) is 14.2. The predicted octanol–water partition coefficient (Wildman–Crippen LogP) is 6.46. The van der Waals surface area contributed by atoms with Crippen molar-refractivity contribution >= 4 is 34.8 Å². The van der Waals surface area contributed by atoms with Gasteiger partial charge in [-0.25, -0.2) is 4.39 Å². The third kappa shape index (κ3) is 3.03. The van der Waals surface area contributed by atoms with Gasteiger partial charge >= 0.3 is 0 Å². The molecule has 0 aromatic heterocycles. The molecule has 134 valence electrons. The number of aliphatic imine (C=N–C) groups is 1. The van der Waals surface area contributed by atoms with E-state index in [-0.39, 0.29) is 17.0 Å². The largest absolute Gasteiger partial charge is 0.492 e. The summed E-state index contributed by atoms with van der Waals surface area (Å²) in [5.74, 6) is 0.414. The molecule has 3 aromatic rings. The molecule has 2 aliphatic rings. The topological polar surface area (TPSA) is 21.6 Å². The van der Waals surface area contributed by atoms with Gasteiger partial charge in [-0.3, -0.25) is 4.99 Å². The summed E-state index contributed by atoms with van der Waals surface area (Å²) in [7, 11) is 0. The summed E-state index contributed by atoms with van der Waals surface area (Å²) < 4.78 is 20.0. The second-order valence-corrected chi connectivity index (χ2v) is 8.23. The van der Waals surface area contributed by atoms with Crippen LogP contribution in [0.1, 0.15) is 16.4 Å². The normalized spacial score (nSPS) is 20.4. The van der Waals surface area contributed by atoms with E-state index in [1.165, 1.54) is 12.1 Å². The van der Waals surface area contributed by atoms with Gasteiger partial charge in [0.15, 0.2) is 0 Å². The molecule has 0 amide bonds. The minimum Gasteiger partial charge on any atom is -0.492 e. The first kappa shape index (κ1) is 16.8.